The number of fused-ring (bicyclic) bond motifs is 1. The molecule has 0 aliphatic rings. The quantitative estimate of drug-likeness (QED) is 0.487. The van der Waals surface area contributed by atoms with Gasteiger partial charge in [-0.15, -0.1) is 0 Å². The van der Waals surface area contributed by atoms with Crippen LogP contribution in [0.4, 0.5) is 5.13 Å². The minimum absolute atomic E-state index is 0.0430. The first-order valence-corrected chi connectivity index (χ1v) is 10.9. The topological polar surface area (TPSA) is 36.4 Å². The molecule has 0 aliphatic heterocycles. The zero-order valence-corrected chi connectivity index (χ0v) is 18.2. The van der Waals surface area contributed by atoms with Gasteiger partial charge in [-0.1, -0.05) is 49.8 Å². The van der Waals surface area contributed by atoms with Gasteiger partial charge in [-0.25, -0.2) is 4.98 Å². The minimum atomic E-state index is -0.0430. The summed E-state index contributed by atoms with van der Waals surface area (Å²) in [4.78, 5) is 22.2. The molecule has 3 rings (SSSR count). The molecule has 0 radical (unpaired) electrons. The number of benzene rings is 2. The number of carbonyl (C=O) groups excluding carboxylic acids is 1. The van der Waals surface area contributed by atoms with Crippen LogP contribution < -0.4 is 4.90 Å². The van der Waals surface area contributed by atoms with E-state index >= 15 is 0 Å². The Hall–Kier alpha value is -1.95. The molecule has 3 aromatic rings. The highest BCUT2D eigenvalue weighted by molar-refractivity contribution is 7.22. The number of carbonyl (C=O) groups is 1. The molecule has 2 aromatic carbocycles. The maximum absolute atomic E-state index is 13.3. The molecule has 1 aromatic heterocycles. The Morgan fingerprint density at radius 1 is 1.04 bits per heavy atom. The smallest absolute Gasteiger partial charge is 0.260 e. The van der Waals surface area contributed by atoms with Crippen LogP contribution in [0.15, 0.2) is 42.5 Å². The van der Waals surface area contributed by atoms with Gasteiger partial charge in [0.2, 0.25) is 0 Å². The Morgan fingerprint density at radius 2 is 1.75 bits per heavy atom. The molecule has 0 atom stereocenters. The van der Waals surface area contributed by atoms with Crippen LogP contribution in [0.5, 0.6) is 0 Å². The summed E-state index contributed by atoms with van der Waals surface area (Å²) >= 11 is 7.57. The summed E-state index contributed by atoms with van der Waals surface area (Å²) in [6.45, 7) is 9.74. The number of aryl methyl sites for hydroxylation is 1. The molecule has 0 N–H and O–H groups in total. The number of anilines is 1. The van der Waals surface area contributed by atoms with Crippen molar-refractivity contribution in [1.82, 2.24) is 9.88 Å². The Labute approximate surface area is 175 Å². The van der Waals surface area contributed by atoms with Gasteiger partial charge >= 0.3 is 0 Å². The summed E-state index contributed by atoms with van der Waals surface area (Å²) in [5, 5.41) is 1.37. The van der Waals surface area contributed by atoms with Crippen molar-refractivity contribution in [1.29, 1.82) is 0 Å². The average Bonchev–Trinajstić information content (AvgIpc) is 3.14. The maximum Gasteiger partial charge on any atom is 0.260 e. The van der Waals surface area contributed by atoms with Gasteiger partial charge in [0, 0.05) is 23.7 Å². The Morgan fingerprint density at radius 3 is 2.39 bits per heavy atom. The number of thiazole rings is 1. The molecule has 0 saturated heterocycles. The largest absolute Gasteiger partial charge is 0.302 e. The Balaban J connectivity index is 1.94. The van der Waals surface area contributed by atoms with Crippen molar-refractivity contribution >= 4 is 44.2 Å². The van der Waals surface area contributed by atoms with Crippen molar-refractivity contribution in [2.24, 2.45) is 0 Å². The molecule has 1 heterocycles. The number of likely N-dealkylation sites (N-methyl/N-ethyl adjacent to an activating group) is 1. The van der Waals surface area contributed by atoms with Crippen LogP contribution in [0, 0.1) is 0 Å². The first kappa shape index (κ1) is 20.8. The van der Waals surface area contributed by atoms with Gasteiger partial charge in [-0.2, -0.15) is 0 Å². The van der Waals surface area contributed by atoms with Crippen LogP contribution in [0.25, 0.3) is 10.2 Å². The number of amides is 1. The molecule has 0 spiro atoms. The molecule has 0 saturated carbocycles. The summed E-state index contributed by atoms with van der Waals surface area (Å²) in [5.41, 5.74) is 2.84. The number of hydrogen-bond donors (Lipinski definition) is 0. The standard InChI is InChI=1S/C22H26ClN3OS/c1-4-16-7-12-19-20(15-16)28-22(24-19)26(14-13-25(5-2)6-3)21(27)17-8-10-18(23)11-9-17/h7-12,15H,4-6,13-14H2,1-3H3. The van der Waals surface area contributed by atoms with Crippen molar-refractivity contribution in [2.45, 2.75) is 27.2 Å². The third kappa shape index (κ3) is 4.72. The van der Waals surface area contributed by atoms with E-state index in [2.05, 4.69) is 37.8 Å². The van der Waals surface area contributed by atoms with Crippen LogP contribution in [0.3, 0.4) is 0 Å². The van der Waals surface area contributed by atoms with E-state index in [0.717, 1.165) is 41.4 Å². The van der Waals surface area contributed by atoms with E-state index < -0.39 is 0 Å². The zero-order valence-electron chi connectivity index (χ0n) is 16.6. The summed E-state index contributed by atoms with van der Waals surface area (Å²) in [6, 6.07) is 13.4. The van der Waals surface area contributed by atoms with Gasteiger partial charge in [0.05, 0.1) is 10.2 Å². The van der Waals surface area contributed by atoms with Crippen molar-refractivity contribution in [3.8, 4) is 0 Å². The molecule has 0 fully saturated rings. The highest BCUT2D eigenvalue weighted by Gasteiger charge is 2.22. The van der Waals surface area contributed by atoms with Gasteiger partial charge in [-0.05, 0) is 61.5 Å². The second kappa shape index (κ2) is 9.50. The van der Waals surface area contributed by atoms with E-state index in [4.69, 9.17) is 16.6 Å². The normalized spacial score (nSPS) is 11.3. The summed E-state index contributed by atoms with van der Waals surface area (Å²) in [5.74, 6) is -0.0430. The van der Waals surface area contributed by atoms with Gasteiger partial charge < -0.3 is 4.90 Å². The highest BCUT2D eigenvalue weighted by Crippen LogP contribution is 2.30. The molecular formula is C22H26ClN3OS. The van der Waals surface area contributed by atoms with Crippen LogP contribution in [0.2, 0.25) is 5.02 Å². The van der Waals surface area contributed by atoms with Gasteiger partial charge in [0.1, 0.15) is 0 Å². The Kier molecular flexibility index (Phi) is 7.05. The van der Waals surface area contributed by atoms with E-state index in [-0.39, 0.29) is 5.91 Å². The van der Waals surface area contributed by atoms with Crippen molar-refractivity contribution in [3.05, 3.63) is 58.6 Å². The lowest BCUT2D eigenvalue weighted by Crippen LogP contribution is -2.38. The van der Waals surface area contributed by atoms with E-state index in [1.54, 1.807) is 40.5 Å². The van der Waals surface area contributed by atoms with Gasteiger partial charge in [0.25, 0.3) is 5.91 Å². The van der Waals surface area contributed by atoms with E-state index in [9.17, 15) is 4.79 Å². The summed E-state index contributed by atoms with van der Waals surface area (Å²) in [7, 11) is 0. The minimum Gasteiger partial charge on any atom is -0.302 e. The van der Waals surface area contributed by atoms with Crippen molar-refractivity contribution in [3.63, 3.8) is 0 Å². The summed E-state index contributed by atoms with van der Waals surface area (Å²) < 4.78 is 1.12. The number of nitrogens with zero attached hydrogens (tertiary/aromatic N) is 3. The fourth-order valence-corrected chi connectivity index (χ4v) is 4.29. The van der Waals surface area contributed by atoms with Crippen LogP contribution >= 0.6 is 22.9 Å². The Bertz CT molecular complexity index is 935. The van der Waals surface area contributed by atoms with Crippen LogP contribution in [-0.4, -0.2) is 42.0 Å². The molecule has 4 nitrogen and oxygen atoms in total. The number of hydrogen-bond acceptors (Lipinski definition) is 4. The van der Waals surface area contributed by atoms with Crippen molar-refractivity contribution < 1.29 is 4.79 Å². The fourth-order valence-electron chi connectivity index (χ4n) is 3.11. The monoisotopic (exact) mass is 415 g/mol. The maximum atomic E-state index is 13.3. The molecule has 148 valence electrons. The molecule has 6 heteroatoms. The lowest BCUT2D eigenvalue weighted by molar-refractivity contribution is 0.0984. The van der Waals surface area contributed by atoms with E-state index in [1.165, 1.54) is 5.56 Å². The predicted molar refractivity (Wildman–Crippen MR) is 120 cm³/mol. The third-order valence-corrected chi connectivity index (χ3v) is 6.24. The van der Waals surface area contributed by atoms with Crippen molar-refractivity contribution in [2.75, 3.05) is 31.1 Å². The number of halogens is 1. The number of aromatic nitrogens is 1. The van der Waals surface area contributed by atoms with Crippen LogP contribution in [0.1, 0.15) is 36.7 Å². The lowest BCUT2D eigenvalue weighted by atomic mass is 10.2. The highest BCUT2D eigenvalue weighted by atomic mass is 35.5. The first-order valence-electron chi connectivity index (χ1n) is 9.74. The zero-order chi connectivity index (χ0) is 20.1. The van der Waals surface area contributed by atoms with Gasteiger partial charge in [0.15, 0.2) is 5.13 Å². The average molecular weight is 416 g/mol. The molecule has 28 heavy (non-hydrogen) atoms. The molecule has 0 bridgehead atoms. The van der Waals surface area contributed by atoms with E-state index in [1.807, 2.05) is 6.07 Å². The molecule has 1 amide bonds. The fraction of sp³-hybridized carbons (Fsp3) is 0.364. The summed E-state index contributed by atoms with van der Waals surface area (Å²) in [6.07, 6.45) is 0.985. The second-order valence-electron chi connectivity index (χ2n) is 6.64. The van der Waals surface area contributed by atoms with Gasteiger partial charge in [-0.3, -0.25) is 9.69 Å². The third-order valence-electron chi connectivity index (χ3n) is 4.95. The predicted octanol–water partition coefficient (Wildman–Crippen LogP) is 5.50. The molecular weight excluding hydrogens is 390 g/mol. The van der Waals surface area contributed by atoms with E-state index in [0.29, 0.717) is 17.1 Å². The second-order valence-corrected chi connectivity index (χ2v) is 8.09. The lowest BCUT2D eigenvalue weighted by Gasteiger charge is -2.24. The van der Waals surface area contributed by atoms with Crippen LogP contribution in [-0.2, 0) is 6.42 Å². The first-order chi connectivity index (χ1) is 13.5. The molecule has 0 unspecified atom stereocenters. The SMILES string of the molecule is CCc1ccc2nc(N(CCN(CC)CC)C(=O)c3ccc(Cl)cc3)sc2c1. The molecule has 0 aliphatic carbocycles. The number of rotatable bonds is 8.